The van der Waals surface area contributed by atoms with Crippen molar-refractivity contribution in [3.63, 3.8) is 0 Å². The highest BCUT2D eigenvalue weighted by molar-refractivity contribution is 5.82. The lowest BCUT2D eigenvalue weighted by Crippen LogP contribution is -2.54. The summed E-state index contributed by atoms with van der Waals surface area (Å²) in [7, 11) is 0. The fourth-order valence-corrected chi connectivity index (χ4v) is 2.70. The molecule has 2 rings (SSSR count). The van der Waals surface area contributed by atoms with Gasteiger partial charge in [-0.25, -0.2) is 8.78 Å². The van der Waals surface area contributed by atoms with Crippen molar-refractivity contribution in [2.75, 3.05) is 45.9 Å². The first-order valence-corrected chi connectivity index (χ1v) is 7.79. The molecule has 0 aromatic heterocycles. The Bertz CT molecular complexity index is 449. The van der Waals surface area contributed by atoms with E-state index in [1.807, 2.05) is 4.90 Å². The summed E-state index contributed by atoms with van der Waals surface area (Å²) < 4.78 is 31.8. The number of nitrogens with one attached hydrogen (secondary N) is 1. The number of carbonyl (C=O) groups is 2. The normalized spacial score (nSPS) is 25.0. The predicted octanol–water partition coefficient (Wildman–Crippen LogP) is 0.247. The molecular formula is C15H23F2N3O3. The second-order valence-corrected chi connectivity index (χ2v) is 5.87. The van der Waals surface area contributed by atoms with Crippen LogP contribution in [0.1, 0.15) is 12.8 Å². The fourth-order valence-electron chi connectivity index (χ4n) is 2.70. The first kappa shape index (κ1) is 17.8. The SMILES string of the molecule is C=CCNC(=O)CN1CCOC(C(=O)N2CCC(F)(F)CC2)C1. The van der Waals surface area contributed by atoms with Gasteiger partial charge in [-0.1, -0.05) is 6.08 Å². The Morgan fingerprint density at radius 3 is 2.65 bits per heavy atom. The van der Waals surface area contributed by atoms with Gasteiger partial charge in [0.2, 0.25) is 5.91 Å². The minimum atomic E-state index is -2.68. The topological polar surface area (TPSA) is 61.9 Å². The Labute approximate surface area is 134 Å². The number of likely N-dealkylation sites (tertiary alicyclic amines) is 1. The summed E-state index contributed by atoms with van der Waals surface area (Å²) in [5.74, 6) is -3.09. The number of hydrogen-bond acceptors (Lipinski definition) is 4. The van der Waals surface area contributed by atoms with Gasteiger partial charge >= 0.3 is 0 Å². The Morgan fingerprint density at radius 1 is 1.30 bits per heavy atom. The van der Waals surface area contributed by atoms with Crippen LogP contribution in [0.2, 0.25) is 0 Å². The highest BCUT2D eigenvalue weighted by Crippen LogP contribution is 2.28. The number of rotatable bonds is 5. The highest BCUT2D eigenvalue weighted by Gasteiger charge is 2.38. The van der Waals surface area contributed by atoms with Crippen molar-refractivity contribution in [3.05, 3.63) is 12.7 Å². The minimum Gasteiger partial charge on any atom is -0.366 e. The largest absolute Gasteiger partial charge is 0.366 e. The van der Waals surface area contributed by atoms with E-state index in [9.17, 15) is 18.4 Å². The molecule has 130 valence electrons. The number of hydrogen-bond donors (Lipinski definition) is 1. The molecule has 6 nitrogen and oxygen atoms in total. The molecule has 2 heterocycles. The van der Waals surface area contributed by atoms with Gasteiger partial charge < -0.3 is 15.0 Å². The number of alkyl halides is 2. The third kappa shape index (κ3) is 5.24. The van der Waals surface area contributed by atoms with Crippen molar-refractivity contribution >= 4 is 11.8 Å². The second-order valence-electron chi connectivity index (χ2n) is 5.87. The number of carbonyl (C=O) groups excluding carboxylic acids is 2. The summed E-state index contributed by atoms with van der Waals surface area (Å²) in [5.41, 5.74) is 0. The van der Waals surface area contributed by atoms with Crippen LogP contribution in [0.3, 0.4) is 0 Å². The summed E-state index contributed by atoms with van der Waals surface area (Å²) in [4.78, 5) is 27.4. The van der Waals surface area contributed by atoms with E-state index >= 15 is 0 Å². The molecule has 1 atom stereocenters. The van der Waals surface area contributed by atoms with Gasteiger partial charge in [0.25, 0.3) is 11.8 Å². The minimum absolute atomic E-state index is 0.0471. The van der Waals surface area contributed by atoms with Crippen molar-refractivity contribution in [1.29, 1.82) is 0 Å². The molecule has 0 aromatic rings. The summed E-state index contributed by atoms with van der Waals surface area (Å²) in [5, 5.41) is 2.68. The van der Waals surface area contributed by atoms with Crippen molar-refractivity contribution < 1.29 is 23.1 Å². The molecule has 2 saturated heterocycles. The van der Waals surface area contributed by atoms with Crippen LogP contribution in [0.15, 0.2) is 12.7 Å². The van der Waals surface area contributed by atoms with E-state index in [2.05, 4.69) is 11.9 Å². The number of nitrogens with zero attached hydrogens (tertiary/aromatic N) is 2. The smallest absolute Gasteiger partial charge is 0.253 e. The molecule has 0 aromatic carbocycles. The zero-order chi connectivity index (χ0) is 16.9. The van der Waals surface area contributed by atoms with E-state index in [1.165, 1.54) is 4.90 Å². The molecule has 0 spiro atoms. The van der Waals surface area contributed by atoms with Crippen LogP contribution in [0.25, 0.3) is 0 Å². The molecule has 23 heavy (non-hydrogen) atoms. The van der Waals surface area contributed by atoms with Crippen LogP contribution in [0.5, 0.6) is 0 Å². The molecule has 2 amide bonds. The average Bonchev–Trinajstić information content (AvgIpc) is 2.52. The maximum absolute atomic E-state index is 13.2. The van der Waals surface area contributed by atoms with E-state index in [0.29, 0.717) is 26.2 Å². The monoisotopic (exact) mass is 331 g/mol. The van der Waals surface area contributed by atoms with Crippen LogP contribution in [-0.4, -0.2) is 79.5 Å². The second kappa shape index (κ2) is 7.83. The number of morpholine rings is 1. The number of amides is 2. The summed E-state index contributed by atoms with van der Waals surface area (Å²) in [6.45, 7) is 5.40. The molecule has 0 radical (unpaired) electrons. The molecule has 2 aliphatic heterocycles. The molecule has 2 aliphatic rings. The number of halogens is 2. The molecule has 0 bridgehead atoms. The van der Waals surface area contributed by atoms with E-state index in [4.69, 9.17) is 4.74 Å². The highest BCUT2D eigenvalue weighted by atomic mass is 19.3. The van der Waals surface area contributed by atoms with Gasteiger partial charge in [-0.15, -0.1) is 6.58 Å². The van der Waals surface area contributed by atoms with Crippen LogP contribution < -0.4 is 5.32 Å². The van der Waals surface area contributed by atoms with Gasteiger partial charge in [-0.2, -0.15) is 0 Å². The maximum atomic E-state index is 13.2. The number of ether oxygens (including phenoxy) is 1. The quantitative estimate of drug-likeness (QED) is 0.734. The first-order valence-electron chi connectivity index (χ1n) is 7.79. The first-order chi connectivity index (χ1) is 10.9. The molecule has 1 N–H and O–H groups in total. The van der Waals surface area contributed by atoms with E-state index in [0.717, 1.165) is 0 Å². The third-order valence-corrected chi connectivity index (χ3v) is 4.04. The lowest BCUT2D eigenvalue weighted by molar-refractivity contribution is -0.155. The van der Waals surface area contributed by atoms with Crippen LogP contribution in [-0.2, 0) is 14.3 Å². The lowest BCUT2D eigenvalue weighted by Gasteiger charge is -2.37. The predicted molar refractivity (Wildman–Crippen MR) is 80.1 cm³/mol. The zero-order valence-electron chi connectivity index (χ0n) is 13.1. The standard InChI is InChI=1S/C15H23F2N3O3/c1-2-5-18-13(21)11-19-8-9-23-12(10-19)14(22)20-6-3-15(16,17)4-7-20/h2,12H,1,3-11H2,(H,18,21). The van der Waals surface area contributed by atoms with Crippen LogP contribution in [0.4, 0.5) is 8.78 Å². The summed E-state index contributed by atoms with van der Waals surface area (Å²) >= 11 is 0. The average molecular weight is 331 g/mol. The Morgan fingerprint density at radius 2 is 2.00 bits per heavy atom. The maximum Gasteiger partial charge on any atom is 0.253 e. The van der Waals surface area contributed by atoms with Crippen molar-refractivity contribution in [2.45, 2.75) is 24.9 Å². The molecule has 0 saturated carbocycles. The van der Waals surface area contributed by atoms with E-state index in [1.54, 1.807) is 6.08 Å². The molecule has 8 heteroatoms. The van der Waals surface area contributed by atoms with Crippen molar-refractivity contribution in [1.82, 2.24) is 15.1 Å². The van der Waals surface area contributed by atoms with Gasteiger partial charge in [-0.05, 0) is 0 Å². The zero-order valence-corrected chi connectivity index (χ0v) is 13.1. The van der Waals surface area contributed by atoms with Gasteiger partial charge in [0.15, 0.2) is 0 Å². The summed E-state index contributed by atoms with van der Waals surface area (Å²) in [6.07, 6.45) is 0.288. The van der Waals surface area contributed by atoms with Gasteiger partial charge in [0.1, 0.15) is 6.10 Å². The number of piperidine rings is 1. The molecule has 1 unspecified atom stereocenters. The van der Waals surface area contributed by atoms with Gasteiger partial charge in [0, 0.05) is 45.6 Å². The van der Waals surface area contributed by atoms with Crippen molar-refractivity contribution in [3.8, 4) is 0 Å². The molecule has 2 fully saturated rings. The van der Waals surface area contributed by atoms with E-state index < -0.39 is 12.0 Å². The van der Waals surface area contributed by atoms with Crippen LogP contribution in [0, 0.1) is 0 Å². The molecular weight excluding hydrogens is 308 g/mol. The summed E-state index contributed by atoms with van der Waals surface area (Å²) in [6, 6.07) is 0. The lowest BCUT2D eigenvalue weighted by atomic mass is 10.1. The Hall–Kier alpha value is -1.54. The van der Waals surface area contributed by atoms with Crippen molar-refractivity contribution in [2.24, 2.45) is 0 Å². The van der Waals surface area contributed by atoms with Gasteiger partial charge in [0.05, 0.1) is 13.2 Å². The molecule has 0 aliphatic carbocycles. The fraction of sp³-hybridized carbons (Fsp3) is 0.733. The third-order valence-electron chi connectivity index (χ3n) is 4.04. The van der Waals surface area contributed by atoms with Crippen LogP contribution >= 0.6 is 0 Å². The Balaban J connectivity index is 1.82. The van der Waals surface area contributed by atoms with Gasteiger partial charge in [-0.3, -0.25) is 14.5 Å². The van der Waals surface area contributed by atoms with E-state index in [-0.39, 0.29) is 44.3 Å². The Kier molecular flexibility index (Phi) is 6.06.